The Morgan fingerprint density at radius 3 is 2.35 bits per heavy atom. The van der Waals surface area contributed by atoms with Crippen LogP contribution in [0.2, 0.25) is 0 Å². The van der Waals surface area contributed by atoms with Crippen molar-refractivity contribution in [3.8, 4) is 0 Å². The molecule has 0 spiro atoms. The van der Waals surface area contributed by atoms with Crippen LogP contribution in [0.5, 0.6) is 0 Å². The summed E-state index contributed by atoms with van der Waals surface area (Å²) < 4.78 is 0. The van der Waals surface area contributed by atoms with Crippen LogP contribution in [-0.4, -0.2) is 16.7 Å². The molecule has 0 fully saturated rings. The number of primary amides is 1. The number of hydrogen-bond donors (Lipinski definition) is 2. The van der Waals surface area contributed by atoms with Gasteiger partial charge in [-0.15, -0.1) is 0 Å². The van der Waals surface area contributed by atoms with Crippen LogP contribution in [0.25, 0.3) is 0 Å². The van der Waals surface area contributed by atoms with Gasteiger partial charge in [-0.05, 0) is 18.6 Å². The Kier molecular flexibility index (Phi) is 4.70. The van der Waals surface area contributed by atoms with E-state index in [2.05, 4.69) is 5.32 Å². The van der Waals surface area contributed by atoms with Gasteiger partial charge in [0.2, 0.25) is 5.91 Å². The smallest absolute Gasteiger partial charge is 0.285 e. The molecular weight excluding hydrogens is 298 g/mol. The molecule has 0 aliphatic carbocycles. The van der Waals surface area contributed by atoms with Gasteiger partial charge in [0, 0.05) is 5.56 Å². The van der Waals surface area contributed by atoms with Crippen LogP contribution in [0.1, 0.15) is 27.5 Å². The van der Waals surface area contributed by atoms with Gasteiger partial charge in [-0.2, -0.15) is 0 Å². The molecule has 7 nitrogen and oxygen atoms in total. The lowest BCUT2D eigenvalue weighted by Crippen LogP contribution is -2.37. The van der Waals surface area contributed by atoms with Gasteiger partial charge < -0.3 is 11.1 Å². The minimum atomic E-state index is -1.07. The number of amides is 2. The number of carbonyl (C=O) groups is 2. The van der Waals surface area contributed by atoms with Crippen molar-refractivity contribution in [3.05, 3.63) is 75.3 Å². The fraction of sp³-hybridized carbons (Fsp3) is 0.125. The highest BCUT2D eigenvalue weighted by molar-refractivity contribution is 6.01. The van der Waals surface area contributed by atoms with Gasteiger partial charge in [0.05, 0.1) is 4.92 Å². The average molecular weight is 313 g/mol. The first-order valence-corrected chi connectivity index (χ1v) is 6.81. The standard InChI is InChI=1S/C16H15N3O4/c1-10-6-5-9-12(14(10)19(22)23)16(21)18-13(15(17)20)11-7-3-2-4-8-11/h2-9,13H,1H3,(H2,17,20)(H,18,21). The van der Waals surface area contributed by atoms with E-state index in [1.165, 1.54) is 19.1 Å². The Balaban J connectivity index is 2.36. The van der Waals surface area contributed by atoms with Gasteiger partial charge in [0.15, 0.2) is 0 Å². The highest BCUT2D eigenvalue weighted by Crippen LogP contribution is 2.24. The predicted molar refractivity (Wildman–Crippen MR) is 83.7 cm³/mol. The quantitative estimate of drug-likeness (QED) is 0.647. The van der Waals surface area contributed by atoms with E-state index in [9.17, 15) is 19.7 Å². The zero-order chi connectivity index (χ0) is 17.0. The van der Waals surface area contributed by atoms with Crippen LogP contribution in [-0.2, 0) is 4.79 Å². The number of benzene rings is 2. The molecule has 7 heteroatoms. The average Bonchev–Trinajstić information content (AvgIpc) is 2.52. The maximum atomic E-state index is 12.4. The first-order valence-electron chi connectivity index (χ1n) is 6.81. The highest BCUT2D eigenvalue weighted by atomic mass is 16.6. The summed E-state index contributed by atoms with van der Waals surface area (Å²) in [5.41, 5.74) is 5.79. The SMILES string of the molecule is Cc1cccc(C(=O)NC(C(N)=O)c2ccccc2)c1[N+](=O)[O-]. The summed E-state index contributed by atoms with van der Waals surface area (Å²) in [6, 6.07) is 11.8. The predicted octanol–water partition coefficient (Wildman–Crippen LogP) is 1.86. The Morgan fingerprint density at radius 1 is 1.13 bits per heavy atom. The molecule has 0 saturated heterocycles. The first-order chi connectivity index (χ1) is 10.9. The van der Waals surface area contributed by atoms with Gasteiger partial charge in [-0.25, -0.2) is 0 Å². The summed E-state index contributed by atoms with van der Waals surface area (Å²) in [5, 5.41) is 13.6. The molecule has 0 heterocycles. The van der Waals surface area contributed by atoms with Crippen LogP contribution in [0.3, 0.4) is 0 Å². The van der Waals surface area contributed by atoms with E-state index in [0.717, 1.165) is 0 Å². The van der Waals surface area contributed by atoms with Crippen molar-refractivity contribution in [2.24, 2.45) is 5.73 Å². The number of nitro benzene ring substituents is 1. The lowest BCUT2D eigenvalue weighted by Gasteiger charge is -2.16. The van der Waals surface area contributed by atoms with Crippen molar-refractivity contribution in [1.29, 1.82) is 0 Å². The van der Waals surface area contributed by atoms with Crippen molar-refractivity contribution >= 4 is 17.5 Å². The number of nitrogens with zero attached hydrogens (tertiary/aromatic N) is 1. The highest BCUT2D eigenvalue weighted by Gasteiger charge is 2.26. The van der Waals surface area contributed by atoms with E-state index in [0.29, 0.717) is 11.1 Å². The number of carbonyl (C=O) groups excluding carboxylic acids is 2. The number of nitrogens with two attached hydrogens (primary N) is 1. The first kappa shape index (κ1) is 16.2. The molecule has 2 aromatic rings. The zero-order valence-electron chi connectivity index (χ0n) is 12.4. The van der Waals surface area contributed by atoms with Crippen LogP contribution in [0, 0.1) is 17.0 Å². The van der Waals surface area contributed by atoms with Crippen molar-refractivity contribution in [2.75, 3.05) is 0 Å². The largest absolute Gasteiger partial charge is 0.368 e. The van der Waals surface area contributed by atoms with Crippen LogP contribution in [0.15, 0.2) is 48.5 Å². The summed E-state index contributed by atoms with van der Waals surface area (Å²) in [6.45, 7) is 1.54. The minimum absolute atomic E-state index is 0.114. The van der Waals surface area contributed by atoms with Crippen molar-refractivity contribution in [3.63, 3.8) is 0 Å². The molecule has 118 valence electrons. The van der Waals surface area contributed by atoms with Crippen molar-refractivity contribution < 1.29 is 14.5 Å². The number of para-hydroxylation sites is 1. The molecule has 0 aromatic heterocycles. The van der Waals surface area contributed by atoms with Crippen LogP contribution >= 0.6 is 0 Å². The number of rotatable bonds is 5. The van der Waals surface area contributed by atoms with E-state index in [1.54, 1.807) is 36.4 Å². The Morgan fingerprint density at radius 2 is 1.78 bits per heavy atom. The Labute approximate surface area is 132 Å². The number of nitrogens with one attached hydrogen (secondary N) is 1. The molecule has 0 radical (unpaired) electrons. The molecule has 2 aromatic carbocycles. The van der Waals surface area contributed by atoms with Gasteiger partial charge in [-0.3, -0.25) is 19.7 Å². The van der Waals surface area contributed by atoms with Gasteiger partial charge in [0.1, 0.15) is 11.6 Å². The third-order valence-electron chi connectivity index (χ3n) is 3.36. The zero-order valence-corrected chi connectivity index (χ0v) is 12.4. The van der Waals surface area contributed by atoms with E-state index >= 15 is 0 Å². The van der Waals surface area contributed by atoms with Crippen molar-refractivity contribution in [1.82, 2.24) is 5.32 Å². The maximum Gasteiger partial charge on any atom is 0.285 e. The third kappa shape index (κ3) is 3.52. The second-order valence-corrected chi connectivity index (χ2v) is 4.95. The van der Waals surface area contributed by atoms with Crippen molar-refractivity contribution in [2.45, 2.75) is 13.0 Å². The topological polar surface area (TPSA) is 115 Å². The molecule has 2 amide bonds. The molecule has 1 atom stereocenters. The summed E-state index contributed by atoms with van der Waals surface area (Å²) >= 11 is 0. The Bertz CT molecular complexity index is 759. The maximum absolute atomic E-state index is 12.4. The molecule has 23 heavy (non-hydrogen) atoms. The summed E-state index contributed by atoms with van der Waals surface area (Å²) in [5.74, 6) is -1.48. The molecule has 2 rings (SSSR count). The second-order valence-electron chi connectivity index (χ2n) is 4.95. The normalized spacial score (nSPS) is 11.5. The number of hydrogen-bond acceptors (Lipinski definition) is 4. The van der Waals surface area contributed by atoms with Gasteiger partial charge in [0.25, 0.3) is 11.6 Å². The number of aryl methyl sites for hydroxylation is 1. The van der Waals surface area contributed by atoms with E-state index in [-0.39, 0.29) is 11.3 Å². The molecule has 0 saturated carbocycles. The third-order valence-corrected chi connectivity index (χ3v) is 3.36. The number of nitro groups is 1. The van der Waals surface area contributed by atoms with Gasteiger partial charge in [-0.1, -0.05) is 42.5 Å². The molecule has 1 unspecified atom stereocenters. The van der Waals surface area contributed by atoms with E-state index in [1.807, 2.05) is 0 Å². The fourth-order valence-corrected chi connectivity index (χ4v) is 2.26. The van der Waals surface area contributed by atoms with Gasteiger partial charge >= 0.3 is 0 Å². The van der Waals surface area contributed by atoms with Crippen LogP contribution < -0.4 is 11.1 Å². The van der Waals surface area contributed by atoms with E-state index in [4.69, 9.17) is 5.73 Å². The summed E-state index contributed by atoms with van der Waals surface area (Å²) in [7, 11) is 0. The molecule has 0 bridgehead atoms. The summed E-state index contributed by atoms with van der Waals surface area (Å²) in [6.07, 6.45) is 0. The van der Waals surface area contributed by atoms with Crippen LogP contribution in [0.4, 0.5) is 5.69 Å². The monoisotopic (exact) mass is 313 g/mol. The summed E-state index contributed by atoms with van der Waals surface area (Å²) in [4.78, 5) is 34.6. The molecule has 3 N–H and O–H groups in total. The molecule has 0 aliphatic rings. The molecular formula is C16H15N3O4. The molecule has 0 aliphatic heterocycles. The Hall–Kier alpha value is -3.22. The lowest BCUT2D eigenvalue weighted by atomic mass is 10.0. The minimum Gasteiger partial charge on any atom is -0.368 e. The fourth-order valence-electron chi connectivity index (χ4n) is 2.26. The van der Waals surface area contributed by atoms with E-state index < -0.39 is 22.8 Å². The second kappa shape index (κ2) is 6.69. The lowest BCUT2D eigenvalue weighted by molar-refractivity contribution is -0.385.